The maximum Gasteiger partial charge on any atom is 0.261 e. The lowest BCUT2D eigenvalue weighted by molar-refractivity contribution is 0.599. The third-order valence-corrected chi connectivity index (χ3v) is 5.55. The number of benzene rings is 2. The average Bonchev–Trinajstić information content (AvgIpc) is 3.05. The maximum atomic E-state index is 13.0. The molecular weight excluding hydrogens is 365 g/mol. The fourth-order valence-electron chi connectivity index (χ4n) is 2.79. The fourth-order valence-corrected chi connectivity index (χ4v) is 3.84. The number of imidazole rings is 1. The van der Waals surface area contributed by atoms with Crippen molar-refractivity contribution in [2.45, 2.75) is 11.8 Å². The highest BCUT2D eigenvalue weighted by molar-refractivity contribution is 7.92. The Kier molecular flexibility index (Phi) is 4.16. The smallest absolute Gasteiger partial charge is 0.261 e. The molecule has 0 atom stereocenters. The molecule has 0 amide bonds. The third-order valence-electron chi connectivity index (χ3n) is 4.15. The van der Waals surface area contributed by atoms with E-state index < -0.39 is 15.8 Å². The number of fused-ring (bicyclic) bond motifs is 1. The first-order chi connectivity index (χ1) is 12.9. The molecule has 2 aromatic carbocycles. The maximum absolute atomic E-state index is 13.0. The van der Waals surface area contributed by atoms with Crippen molar-refractivity contribution in [2.75, 3.05) is 4.72 Å². The SMILES string of the molecule is Cc1ccn2cc(-c3cccc(NS(=O)(=O)c4ccc(F)cc4)c3)nc2c1. The van der Waals surface area contributed by atoms with Crippen molar-refractivity contribution in [3.8, 4) is 11.3 Å². The van der Waals surface area contributed by atoms with Crippen molar-refractivity contribution in [3.05, 3.63) is 84.4 Å². The van der Waals surface area contributed by atoms with Crippen LogP contribution in [0.3, 0.4) is 0 Å². The van der Waals surface area contributed by atoms with E-state index in [1.165, 1.54) is 12.1 Å². The molecule has 1 N–H and O–H groups in total. The Morgan fingerprint density at radius 3 is 2.59 bits per heavy atom. The first-order valence-corrected chi connectivity index (χ1v) is 9.73. The summed E-state index contributed by atoms with van der Waals surface area (Å²) in [6.07, 6.45) is 3.82. The second-order valence-corrected chi connectivity index (χ2v) is 7.92. The molecule has 136 valence electrons. The number of aryl methyl sites for hydroxylation is 1. The Hall–Kier alpha value is -3.19. The summed E-state index contributed by atoms with van der Waals surface area (Å²) >= 11 is 0. The molecule has 2 aromatic heterocycles. The van der Waals surface area contributed by atoms with Crippen LogP contribution in [0.4, 0.5) is 10.1 Å². The summed E-state index contributed by atoms with van der Waals surface area (Å²) in [5.41, 5.74) is 3.87. The zero-order chi connectivity index (χ0) is 19.0. The number of hydrogen-bond acceptors (Lipinski definition) is 3. The summed E-state index contributed by atoms with van der Waals surface area (Å²) in [6, 6.07) is 15.7. The van der Waals surface area contributed by atoms with E-state index in [4.69, 9.17) is 0 Å². The Bertz CT molecular complexity index is 1230. The van der Waals surface area contributed by atoms with E-state index >= 15 is 0 Å². The zero-order valence-electron chi connectivity index (χ0n) is 14.4. The number of anilines is 1. The predicted octanol–water partition coefficient (Wildman–Crippen LogP) is 4.25. The highest BCUT2D eigenvalue weighted by atomic mass is 32.2. The van der Waals surface area contributed by atoms with Crippen LogP contribution >= 0.6 is 0 Å². The van der Waals surface area contributed by atoms with Gasteiger partial charge in [-0.2, -0.15) is 0 Å². The number of pyridine rings is 1. The molecule has 0 aliphatic heterocycles. The van der Waals surface area contributed by atoms with Crippen molar-refractivity contribution >= 4 is 21.4 Å². The van der Waals surface area contributed by atoms with Gasteiger partial charge in [-0.1, -0.05) is 12.1 Å². The first kappa shape index (κ1) is 17.2. The van der Waals surface area contributed by atoms with Gasteiger partial charge in [-0.3, -0.25) is 4.72 Å². The predicted molar refractivity (Wildman–Crippen MR) is 103 cm³/mol. The molecule has 2 heterocycles. The topological polar surface area (TPSA) is 63.5 Å². The van der Waals surface area contributed by atoms with Crippen LogP contribution in [0, 0.1) is 12.7 Å². The molecule has 0 aliphatic carbocycles. The van der Waals surface area contributed by atoms with Crippen molar-refractivity contribution in [1.29, 1.82) is 0 Å². The van der Waals surface area contributed by atoms with E-state index in [9.17, 15) is 12.8 Å². The summed E-state index contributed by atoms with van der Waals surface area (Å²) in [5.74, 6) is -0.488. The first-order valence-electron chi connectivity index (χ1n) is 8.25. The molecule has 0 fully saturated rings. The van der Waals surface area contributed by atoms with Crippen LogP contribution in [0.1, 0.15) is 5.56 Å². The van der Waals surface area contributed by atoms with Gasteiger partial charge in [0.05, 0.1) is 10.6 Å². The molecular formula is C20H16FN3O2S. The standard InChI is InChI=1S/C20H16FN3O2S/c1-14-9-10-24-13-19(22-20(24)11-14)15-3-2-4-17(12-15)23-27(25,26)18-7-5-16(21)6-8-18/h2-13,23H,1H3. The number of nitrogens with one attached hydrogen (secondary N) is 1. The van der Waals surface area contributed by atoms with Crippen LogP contribution in [-0.2, 0) is 10.0 Å². The number of hydrogen-bond donors (Lipinski definition) is 1. The fraction of sp³-hybridized carbons (Fsp3) is 0.0500. The van der Waals surface area contributed by atoms with Crippen LogP contribution in [0.15, 0.2) is 78.0 Å². The lowest BCUT2D eigenvalue weighted by Gasteiger charge is -2.09. The highest BCUT2D eigenvalue weighted by Gasteiger charge is 2.15. The lowest BCUT2D eigenvalue weighted by atomic mass is 10.1. The molecule has 7 heteroatoms. The average molecular weight is 381 g/mol. The Balaban J connectivity index is 1.66. The number of nitrogens with zero attached hydrogens (tertiary/aromatic N) is 2. The number of aromatic nitrogens is 2. The zero-order valence-corrected chi connectivity index (χ0v) is 15.2. The van der Waals surface area contributed by atoms with Crippen molar-refractivity contribution < 1.29 is 12.8 Å². The molecule has 5 nitrogen and oxygen atoms in total. The van der Waals surface area contributed by atoms with Gasteiger partial charge < -0.3 is 4.40 Å². The minimum absolute atomic E-state index is 0.00231. The van der Waals surface area contributed by atoms with Crippen molar-refractivity contribution in [3.63, 3.8) is 0 Å². The van der Waals surface area contributed by atoms with Gasteiger partial charge in [0.2, 0.25) is 0 Å². The molecule has 0 radical (unpaired) electrons. The van der Waals surface area contributed by atoms with Gasteiger partial charge in [-0.05, 0) is 61.0 Å². The third kappa shape index (κ3) is 3.54. The van der Waals surface area contributed by atoms with E-state index in [2.05, 4.69) is 9.71 Å². The van der Waals surface area contributed by atoms with Gasteiger partial charge >= 0.3 is 0 Å². The molecule has 27 heavy (non-hydrogen) atoms. The molecule has 4 rings (SSSR count). The van der Waals surface area contributed by atoms with Gasteiger partial charge in [0, 0.05) is 23.6 Å². The van der Waals surface area contributed by atoms with Crippen LogP contribution in [-0.4, -0.2) is 17.8 Å². The monoisotopic (exact) mass is 381 g/mol. The van der Waals surface area contributed by atoms with E-state index in [0.29, 0.717) is 5.69 Å². The van der Waals surface area contributed by atoms with Crippen LogP contribution < -0.4 is 4.72 Å². The second-order valence-electron chi connectivity index (χ2n) is 6.24. The largest absolute Gasteiger partial charge is 0.306 e. The Morgan fingerprint density at radius 1 is 1.04 bits per heavy atom. The number of sulfonamides is 1. The molecule has 0 spiro atoms. The van der Waals surface area contributed by atoms with Crippen molar-refractivity contribution in [1.82, 2.24) is 9.38 Å². The molecule has 0 saturated heterocycles. The minimum atomic E-state index is -3.80. The van der Waals surface area contributed by atoms with Crippen LogP contribution in [0.2, 0.25) is 0 Å². The summed E-state index contributed by atoms with van der Waals surface area (Å²) in [4.78, 5) is 4.59. The Labute approximate surface area is 156 Å². The summed E-state index contributed by atoms with van der Waals surface area (Å²) in [7, 11) is -3.80. The second kappa shape index (κ2) is 6.51. The normalized spacial score (nSPS) is 11.6. The van der Waals surface area contributed by atoms with Crippen molar-refractivity contribution in [2.24, 2.45) is 0 Å². The highest BCUT2D eigenvalue weighted by Crippen LogP contribution is 2.24. The van der Waals surface area contributed by atoms with Gasteiger partial charge in [0.25, 0.3) is 10.0 Å². The summed E-state index contributed by atoms with van der Waals surface area (Å²) in [6.45, 7) is 2.00. The quantitative estimate of drug-likeness (QED) is 0.575. The van der Waals surface area contributed by atoms with E-state index in [1.54, 1.807) is 18.2 Å². The van der Waals surface area contributed by atoms with Crippen LogP contribution in [0.25, 0.3) is 16.9 Å². The van der Waals surface area contributed by atoms with Gasteiger partial charge in [-0.15, -0.1) is 0 Å². The van der Waals surface area contributed by atoms with E-state index in [0.717, 1.165) is 34.6 Å². The molecule has 0 bridgehead atoms. The number of halogens is 1. The van der Waals surface area contributed by atoms with Gasteiger partial charge in [0.15, 0.2) is 0 Å². The molecule has 0 aliphatic rings. The minimum Gasteiger partial charge on any atom is -0.306 e. The Morgan fingerprint density at radius 2 is 1.81 bits per heavy atom. The molecule has 4 aromatic rings. The molecule has 0 saturated carbocycles. The lowest BCUT2D eigenvalue weighted by Crippen LogP contribution is -2.12. The van der Waals surface area contributed by atoms with E-state index in [1.807, 2.05) is 41.9 Å². The van der Waals surface area contributed by atoms with E-state index in [-0.39, 0.29) is 4.90 Å². The summed E-state index contributed by atoms with van der Waals surface area (Å²) < 4.78 is 42.4. The molecule has 0 unspecified atom stereocenters. The number of rotatable bonds is 4. The van der Waals surface area contributed by atoms with Gasteiger partial charge in [0.1, 0.15) is 11.5 Å². The summed E-state index contributed by atoms with van der Waals surface area (Å²) in [5, 5.41) is 0. The van der Waals surface area contributed by atoms with Gasteiger partial charge in [-0.25, -0.2) is 17.8 Å². The van der Waals surface area contributed by atoms with Crippen LogP contribution in [0.5, 0.6) is 0 Å².